The average molecular weight is 243 g/mol. The maximum absolute atomic E-state index is 12.3. The molecule has 2 bridgehead atoms. The minimum atomic E-state index is -3.00. The van der Waals surface area contributed by atoms with Crippen LogP contribution in [0.3, 0.4) is 0 Å². The van der Waals surface area contributed by atoms with Gasteiger partial charge in [0.25, 0.3) is 0 Å². The third kappa shape index (κ3) is 1.52. The Balaban J connectivity index is 1.80. The molecule has 90 valence electrons. The van der Waals surface area contributed by atoms with Gasteiger partial charge in [0.2, 0.25) is 0 Å². The minimum absolute atomic E-state index is 0.505. The molecule has 4 nitrogen and oxygen atoms in total. The van der Waals surface area contributed by atoms with Crippen molar-refractivity contribution in [3.8, 4) is 0 Å². The van der Waals surface area contributed by atoms with Crippen LogP contribution in [0.5, 0.6) is 0 Å². The van der Waals surface area contributed by atoms with Gasteiger partial charge < -0.3 is 0 Å². The fourth-order valence-electron chi connectivity index (χ4n) is 3.15. The van der Waals surface area contributed by atoms with Crippen LogP contribution in [0.15, 0.2) is 12.2 Å². The predicted octanol–water partition coefficient (Wildman–Crippen LogP) is 2.14. The van der Waals surface area contributed by atoms with E-state index in [1.165, 1.54) is 6.42 Å². The second-order valence-corrected chi connectivity index (χ2v) is 7.44. The lowest BCUT2D eigenvalue weighted by molar-refractivity contribution is 0.186. The van der Waals surface area contributed by atoms with E-state index in [0.717, 1.165) is 0 Å². The zero-order valence-electron chi connectivity index (χ0n) is 9.70. The lowest BCUT2D eigenvalue weighted by Gasteiger charge is -2.23. The first-order valence-corrected chi connectivity index (χ1v) is 7.35. The summed E-state index contributed by atoms with van der Waals surface area (Å²) in [5.74, 6) is 2.25. The number of nitrogens with zero attached hydrogens (tertiary/aromatic N) is 1. The van der Waals surface area contributed by atoms with Crippen LogP contribution in [0.1, 0.15) is 6.42 Å². The highest BCUT2D eigenvalue weighted by atomic mass is 31.2. The quantitative estimate of drug-likeness (QED) is 0.522. The van der Waals surface area contributed by atoms with E-state index in [9.17, 15) is 4.57 Å². The number of hydrogen-bond donors (Lipinski definition) is 0. The highest BCUT2D eigenvalue weighted by molar-refractivity contribution is 7.51. The van der Waals surface area contributed by atoms with Crippen LogP contribution in [0.25, 0.3) is 0 Å². The van der Waals surface area contributed by atoms with Crippen LogP contribution in [-0.4, -0.2) is 32.0 Å². The Hall–Kier alpha value is -0.150. The maximum Gasteiger partial charge on any atom is 0.407 e. The Morgan fingerprint density at radius 3 is 2.06 bits per heavy atom. The topological polar surface area (TPSA) is 38.8 Å². The highest BCUT2D eigenvalue weighted by Gasteiger charge is 2.48. The fourth-order valence-corrected chi connectivity index (χ4v) is 4.41. The summed E-state index contributed by atoms with van der Waals surface area (Å²) in [6.07, 6.45) is 5.82. The van der Waals surface area contributed by atoms with E-state index in [4.69, 9.17) is 9.05 Å². The van der Waals surface area contributed by atoms with Crippen molar-refractivity contribution in [1.82, 2.24) is 4.67 Å². The summed E-state index contributed by atoms with van der Waals surface area (Å²) in [6, 6.07) is 0. The molecule has 1 saturated carbocycles. The van der Waals surface area contributed by atoms with Gasteiger partial charge in [-0.25, -0.2) is 9.24 Å². The Morgan fingerprint density at radius 1 is 1.12 bits per heavy atom. The van der Waals surface area contributed by atoms with Gasteiger partial charge >= 0.3 is 7.75 Å². The first kappa shape index (κ1) is 11.0. The predicted molar refractivity (Wildman–Crippen MR) is 60.9 cm³/mol. The Bertz CT molecular complexity index is 342. The molecule has 0 aromatic heterocycles. The van der Waals surface area contributed by atoms with Crippen molar-refractivity contribution in [2.24, 2.45) is 23.7 Å². The van der Waals surface area contributed by atoms with E-state index in [1.54, 1.807) is 18.8 Å². The summed E-state index contributed by atoms with van der Waals surface area (Å²) in [6.45, 7) is 1.15. The molecule has 0 aromatic rings. The van der Waals surface area contributed by atoms with Crippen LogP contribution in [0.4, 0.5) is 0 Å². The fraction of sp³-hybridized carbons (Fsp3) is 0.818. The van der Waals surface area contributed by atoms with Crippen molar-refractivity contribution in [2.45, 2.75) is 6.42 Å². The van der Waals surface area contributed by atoms with Crippen LogP contribution >= 0.6 is 7.75 Å². The van der Waals surface area contributed by atoms with Crippen molar-refractivity contribution < 1.29 is 13.6 Å². The van der Waals surface area contributed by atoms with E-state index in [0.29, 0.717) is 36.9 Å². The zero-order chi connectivity index (χ0) is 11.3. The van der Waals surface area contributed by atoms with Crippen molar-refractivity contribution in [1.29, 1.82) is 0 Å². The maximum atomic E-state index is 12.3. The van der Waals surface area contributed by atoms with Crippen molar-refractivity contribution >= 4 is 7.75 Å². The van der Waals surface area contributed by atoms with Crippen LogP contribution in [0.2, 0.25) is 0 Å². The van der Waals surface area contributed by atoms with Crippen LogP contribution in [0, 0.1) is 23.7 Å². The molecule has 16 heavy (non-hydrogen) atoms. The molecule has 3 rings (SSSR count). The molecule has 0 spiro atoms. The normalized spacial score (nSPS) is 50.7. The lowest BCUT2D eigenvalue weighted by Crippen LogP contribution is -2.24. The standard InChI is InChI=1S/C11H18NO3P/c1-12(2)16(13)14-6-10-8-3-4-9(5-8)11(10)7-15-16/h3-4,8-11H,5-7H2,1-2H3/t8-,9+,10-,11+,16?. The molecule has 2 fully saturated rings. The van der Waals surface area contributed by atoms with Gasteiger partial charge in [0, 0.05) is 0 Å². The molecule has 0 radical (unpaired) electrons. The molecule has 5 atom stereocenters. The van der Waals surface area contributed by atoms with E-state index >= 15 is 0 Å². The van der Waals surface area contributed by atoms with Gasteiger partial charge in [0.15, 0.2) is 0 Å². The summed E-state index contributed by atoms with van der Waals surface area (Å²) in [5, 5.41) is 0. The van der Waals surface area contributed by atoms with Gasteiger partial charge in [-0.2, -0.15) is 0 Å². The molecule has 0 amide bonds. The largest absolute Gasteiger partial charge is 0.407 e. The van der Waals surface area contributed by atoms with Crippen molar-refractivity contribution in [3.63, 3.8) is 0 Å². The smallest absolute Gasteiger partial charge is 0.296 e. The molecule has 3 aliphatic rings. The second kappa shape index (κ2) is 3.67. The van der Waals surface area contributed by atoms with Gasteiger partial charge in [0.1, 0.15) is 0 Å². The molecule has 1 unspecified atom stereocenters. The second-order valence-electron chi connectivity index (χ2n) is 5.18. The summed E-state index contributed by atoms with van der Waals surface area (Å²) >= 11 is 0. The Labute approximate surface area is 96.2 Å². The number of rotatable bonds is 1. The van der Waals surface area contributed by atoms with Crippen LogP contribution < -0.4 is 0 Å². The third-order valence-electron chi connectivity index (χ3n) is 4.15. The van der Waals surface area contributed by atoms with Gasteiger partial charge in [0.05, 0.1) is 13.2 Å². The van der Waals surface area contributed by atoms with Gasteiger partial charge in [-0.05, 0) is 44.2 Å². The summed E-state index contributed by atoms with van der Waals surface area (Å²) in [5.41, 5.74) is 0. The van der Waals surface area contributed by atoms with Crippen molar-refractivity contribution in [3.05, 3.63) is 12.2 Å². The van der Waals surface area contributed by atoms with Gasteiger partial charge in [-0.1, -0.05) is 12.2 Å². The van der Waals surface area contributed by atoms with Gasteiger partial charge in [-0.15, -0.1) is 0 Å². The highest BCUT2D eigenvalue weighted by Crippen LogP contribution is 2.58. The number of hydrogen-bond acceptors (Lipinski definition) is 3. The Morgan fingerprint density at radius 2 is 1.62 bits per heavy atom. The third-order valence-corrected chi connectivity index (χ3v) is 6.08. The molecular formula is C11H18NO3P. The monoisotopic (exact) mass is 243 g/mol. The molecule has 0 aromatic carbocycles. The van der Waals surface area contributed by atoms with E-state index < -0.39 is 7.75 Å². The van der Waals surface area contributed by atoms with E-state index in [2.05, 4.69) is 12.2 Å². The number of allylic oxidation sites excluding steroid dienone is 2. The van der Waals surface area contributed by atoms with E-state index in [1.807, 2.05) is 0 Å². The van der Waals surface area contributed by atoms with E-state index in [-0.39, 0.29) is 0 Å². The van der Waals surface area contributed by atoms with Gasteiger partial charge in [-0.3, -0.25) is 9.05 Å². The first-order chi connectivity index (χ1) is 7.60. The molecule has 1 aliphatic heterocycles. The summed E-state index contributed by atoms with van der Waals surface area (Å²) in [7, 11) is 0.487. The molecule has 5 heteroatoms. The average Bonchev–Trinajstić information content (AvgIpc) is 2.79. The van der Waals surface area contributed by atoms with Crippen molar-refractivity contribution in [2.75, 3.05) is 27.3 Å². The molecular weight excluding hydrogens is 225 g/mol. The van der Waals surface area contributed by atoms with Crippen LogP contribution in [-0.2, 0) is 13.6 Å². The number of fused-ring (bicyclic) bond motifs is 5. The molecule has 0 N–H and O–H groups in total. The first-order valence-electron chi connectivity index (χ1n) is 5.85. The summed E-state index contributed by atoms with van der Waals surface area (Å²) in [4.78, 5) is 0. The SMILES string of the molecule is CN(C)P1(=O)OC[C@@H]2[C@H](CO1)[C@@H]1C=C[C@H]2C1. The molecule has 1 saturated heterocycles. The lowest BCUT2D eigenvalue weighted by atomic mass is 9.84. The summed E-state index contributed by atoms with van der Waals surface area (Å²) < 4.78 is 24.9. The zero-order valence-corrected chi connectivity index (χ0v) is 10.6. The molecule has 1 heterocycles. The Kier molecular flexibility index (Phi) is 2.52. The molecule has 2 aliphatic carbocycles. The minimum Gasteiger partial charge on any atom is -0.296 e.